The van der Waals surface area contributed by atoms with Crippen molar-refractivity contribution in [3.63, 3.8) is 0 Å². The number of para-hydroxylation sites is 1. The third-order valence-corrected chi connectivity index (χ3v) is 4.20. The van der Waals surface area contributed by atoms with E-state index >= 15 is 0 Å². The molecule has 0 atom stereocenters. The smallest absolute Gasteiger partial charge is 0.0708 e. The Hall–Kier alpha value is -1.41. The topological polar surface area (TPSA) is 24.9 Å². The molecular weight excluding hydrogens is 232 g/mol. The van der Waals surface area contributed by atoms with E-state index in [-0.39, 0.29) is 0 Å². The Morgan fingerprint density at radius 2 is 2.11 bits per heavy atom. The van der Waals surface area contributed by atoms with Crippen molar-refractivity contribution in [1.29, 1.82) is 0 Å². The number of rotatable bonds is 5. The molecule has 1 aromatic carbocycles. The molecule has 0 spiro atoms. The first-order chi connectivity index (χ1) is 9.33. The van der Waals surface area contributed by atoms with Crippen molar-refractivity contribution < 1.29 is 0 Å². The molecule has 100 valence electrons. The summed E-state index contributed by atoms with van der Waals surface area (Å²) >= 11 is 0. The normalized spacial score (nSPS) is 15.6. The van der Waals surface area contributed by atoms with Gasteiger partial charge < -0.3 is 5.32 Å². The van der Waals surface area contributed by atoms with Crippen molar-refractivity contribution in [2.24, 2.45) is 5.92 Å². The molecule has 1 aliphatic carbocycles. The molecule has 1 saturated carbocycles. The third kappa shape index (κ3) is 2.95. The molecule has 1 heterocycles. The molecule has 0 saturated heterocycles. The molecule has 1 aromatic heterocycles. The molecule has 0 aliphatic heterocycles. The molecule has 0 amide bonds. The van der Waals surface area contributed by atoms with Crippen LogP contribution in [0.15, 0.2) is 30.3 Å². The Balaban J connectivity index is 1.65. The highest BCUT2D eigenvalue weighted by atomic mass is 14.8. The summed E-state index contributed by atoms with van der Waals surface area (Å²) in [5.74, 6) is 0.989. The van der Waals surface area contributed by atoms with Gasteiger partial charge in [0.25, 0.3) is 0 Å². The van der Waals surface area contributed by atoms with Crippen LogP contribution in [0.4, 0.5) is 0 Å². The van der Waals surface area contributed by atoms with Crippen LogP contribution in [0.5, 0.6) is 0 Å². The largest absolute Gasteiger partial charge is 0.313 e. The zero-order valence-electron chi connectivity index (χ0n) is 11.7. The van der Waals surface area contributed by atoms with Crippen molar-refractivity contribution in [2.45, 2.75) is 39.2 Å². The van der Waals surface area contributed by atoms with Gasteiger partial charge in [0.05, 0.1) is 5.52 Å². The lowest BCUT2D eigenvalue weighted by Gasteiger charge is -2.25. The van der Waals surface area contributed by atoms with Crippen molar-refractivity contribution >= 4 is 10.9 Å². The van der Waals surface area contributed by atoms with E-state index in [1.54, 1.807) is 0 Å². The summed E-state index contributed by atoms with van der Waals surface area (Å²) in [5, 5.41) is 4.87. The third-order valence-electron chi connectivity index (χ3n) is 4.20. The predicted octanol–water partition coefficient (Wildman–Crippen LogP) is 3.82. The first-order valence-electron chi connectivity index (χ1n) is 7.39. The second-order valence-corrected chi connectivity index (χ2v) is 5.70. The number of hydrogen-bond donors (Lipinski definition) is 1. The predicted molar refractivity (Wildman–Crippen MR) is 80.1 cm³/mol. The molecule has 2 heteroatoms. The monoisotopic (exact) mass is 254 g/mol. The van der Waals surface area contributed by atoms with Gasteiger partial charge in [-0.15, -0.1) is 0 Å². The van der Waals surface area contributed by atoms with Crippen LogP contribution >= 0.6 is 0 Å². The minimum atomic E-state index is 0.955. The second kappa shape index (κ2) is 5.70. The maximum Gasteiger partial charge on any atom is 0.0708 e. The Morgan fingerprint density at radius 3 is 2.89 bits per heavy atom. The number of hydrogen-bond acceptors (Lipinski definition) is 2. The Morgan fingerprint density at radius 1 is 1.26 bits per heavy atom. The van der Waals surface area contributed by atoms with Gasteiger partial charge in [-0.05, 0) is 43.5 Å². The molecule has 3 rings (SSSR count). The molecule has 2 aromatic rings. The van der Waals surface area contributed by atoms with Gasteiger partial charge in [-0.1, -0.05) is 37.5 Å². The van der Waals surface area contributed by atoms with Gasteiger partial charge in [-0.3, -0.25) is 4.98 Å². The summed E-state index contributed by atoms with van der Waals surface area (Å²) in [7, 11) is 0. The van der Waals surface area contributed by atoms with Crippen molar-refractivity contribution in [3.05, 3.63) is 41.6 Å². The number of nitrogens with one attached hydrogen (secondary N) is 1. The lowest BCUT2D eigenvalue weighted by atomic mass is 9.83. The van der Waals surface area contributed by atoms with Gasteiger partial charge in [0.15, 0.2) is 0 Å². The van der Waals surface area contributed by atoms with Crippen LogP contribution in [0, 0.1) is 12.8 Å². The Kier molecular flexibility index (Phi) is 3.79. The minimum absolute atomic E-state index is 0.955. The molecule has 1 N–H and O–H groups in total. The number of benzene rings is 1. The van der Waals surface area contributed by atoms with Crippen molar-refractivity contribution in [1.82, 2.24) is 10.3 Å². The van der Waals surface area contributed by atoms with Crippen LogP contribution in [0.2, 0.25) is 0 Å². The molecule has 2 nitrogen and oxygen atoms in total. The first-order valence-corrected chi connectivity index (χ1v) is 7.39. The van der Waals surface area contributed by atoms with E-state index in [1.165, 1.54) is 36.6 Å². The van der Waals surface area contributed by atoms with Crippen LogP contribution in [0.1, 0.15) is 36.9 Å². The van der Waals surface area contributed by atoms with E-state index in [0.717, 1.165) is 30.2 Å². The summed E-state index contributed by atoms with van der Waals surface area (Å²) in [5.41, 5.74) is 3.59. The minimum Gasteiger partial charge on any atom is -0.313 e. The van der Waals surface area contributed by atoms with Gasteiger partial charge >= 0.3 is 0 Å². The number of nitrogens with zero attached hydrogens (tertiary/aromatic N) is 1. The lowest BCUT2D eigenvalue weighted by molar-refractivity contribution is 0.292. The summed E-state index contributed by atoms with van der Waals surface area (Å²) in [4.78, 5) is 4.59. The fourth-order valence-electron chi connectivity index (χ4n) is 2.85. The van der Waals surface area contributed by atoms with E-state index in [1.807, 2.05) is 0 Å². The maximum absolute atomic E-state index is 4.59. The standard InChI is InChI=1S/C17H22N2/c1-13-11-15(12-18-10-9-14-5-4-6-14)16-7-2-3-8-17(16)19-13/h2-3,7-8,11,14,18H,4-6,9-10,12H2,1H3. The number of pyridine rings is 1. The Labute approximate surface area is 115 Å². The van der Waals surface area contributed by atoms with Gasteiger partial charge in [-0.2, -0.15) is 0 Å². The molecular formula is C17H22N2. The zero-order chi connectivity index (χ0) is 13.1. The number of aryl methyl sites for hydroxylation is 1. The molecule has 1 fully saturated rings. The van der Waals surface area contributed by atoms with Crippen LogP contribution < -0.4 is 5.32 Å². The highest BCUT2D eigenvalue weighted by Gasteiger charge is 2.16. The maximum atomic E-state index is 4.59. The fraction of sp³-hybridized carbons (Fsp3) is 0.471. The number of fused-ring (bicyclic) bond motifs is 1. The van der Waals surface area contributed by atoms with Crippen molar-refractivity contribution in [3.8, 4) is 0 Å². The average Bonchev–Trinajstić information content (AvgIpc) is 2.36. The van der Waals surface area contributed by atoms with Crippen LogP contribution in [-0.4, -0.2) is 11.5 Å². The highest BCUT2D eigenvalue weighted by Crippen LogP contribution is 2.28. The average molecular weight is 254 g/mol. The summed E-state index contributed by atoms with van der Waals surface area (Å²) in [6.07, 6.45) is 5.67. The first kappa shape index (κ1) is 12.6. The van der Waals surface area contributed by atoms with Gasteiger partial charge in [0, 0.05) is 17.6 Å². The van der Waals surface area contributed by atoms with E-state index in [2.05, 4.69) is 47.6 Å². The number of aromatic nitrogens is 1. The molecule has 1 aliphatic rings. The second-order valence-electron chi connectivity index (χ2n) is 5.70. The van der Waals surface area contributed by atoms with Gasteiger partial charge in [0.1, 0.15) is 0 Å². The SMILES string of the molecule is Cc1cc(CNCCC2CCC2)c2ccccc2n1. The molecule has 0 radical (unpaired) electrons. The highest BCUT2D eigenvalue weighted by molar-refractivity contribution is 5.82. The van der Waals surface area contributed by atoms with Crippen molar-refractivity contribution in [2.75, 3.05) is 6.54 Å². The van der Waals surface area contributed by atoms with E-state index in [9.17, 15) is 0 Å². The fourth-order valence-corrected chi connectivity index (χ4v) is 2.85. The summed E-state index contributed by atoms with van der Waals surface area (Å²) in [6, 6.07) is 10.6. The van der Waals surface area contributed by atoms with Crippen LogP contribution in [0.3, 0.4) is 0 Å². The van der Waals surface area contributed by atoms with E-state index in [4.69, 9.17) is 0 Å². The van der Waals surface area contributed by atoms with Gasteiger partial charge in [0.2, 0.25) is 0 Å². The van der Waals surface area contributed by atoms with E-state index < -0.39 is 0 Å². The Bertz CT molecular complexity index is 558. The zero-order valence-corrected chi connectivity index (χ0v) is 11.7. The summed E-state index contributed by atoms with van der Waals surface area (Å²) in [6.45, 7) is 4.17. The molecule has 0 unspecified atom stereocenters. The summed E-state index contributed by atoms with van der Waals surface area (Å²) < 4.78 is 0. The van der Waals surface area contributed by atoms with E-state index in [0.29, 0.717) is 0 Å². The lowest BCUT2D eigenvalue weighted by Crippen LogP contribution is -2.21. The molecule has 0 bridgehead atoms. The molecule has 19 heavy (non-hydrogen) atoms. The quantitative estimate of drug-likeness (QED) is 0.820. The van der Waals surface area contributed by atoms with Gasteiger partial charge in [-0.25, -0.2) is 0 Å². The van der Waals surface area contributed by atoms with Crippen LogP contribution in [-0.2, 0) is 6.54 Å². The van der Waals surface area contributed by atoms with Crippen LogP contribution in [0.25, 0.3) is 10.9 Å².